The van der Waals surface area contributed by atoms with E-state index >= 15 is 0 Å². The Bertz CT molecular complexity index is 1320. The molecule has 9 nitrogen and oxygen atoms in total. The van der Waals surface area contributed by atoms with Crippen LogP contribution in [-0.4, -0.2) is 58.8 Å². The van der Waals surface area contributed by atoms with Crippen LogP contribution in [0.4, 0.5) is 5.69 Å². The van der Waals surface area contributed by atoms with E-state index in [0.29, 0.717) is 18.7 Å². The highest BCUT2D eigenvalue weighted by atomic mass is 16.7. The summed E-state index contributed by atoms with van der Waals surface area (Å²) in [4.78, 5) is 25.9. The zero-order chi connectivity index (χ0) is 30.2. The van der Waals surface area contributed by atoms with Gasteiger partial charge < -0.3 is 29.7 Å². The van der Waals surface area contributed by atoms with Crippen LogP contribution in [0.5, 0.6) is 0 Å². The van der Waals surface area contributed by atoms with E-state index in [1.165, 1.54) is 13.8 Å². The fourth-order valence-corrected chi connectivity index (χ4v) is 5.00. The number of carbonyl (C=O) groups excluding carboxylic acids is 2. The quantitative estimate of drug-likeness (QED) is 0.282. The molecule has 6 atom stereocenters. The number of carbonyl (C=O) groups is 2. The number of esters is 1. The van der Waals surface area contributed by atoms with Crippen LogP contribution >= 0.6 is 0 Å². The first kappa shape index (κ1) is 31.3. The van der Waals surface area contributed by atoms with E-state index in [1.807, 2.05) is 74.6 Å². The Morgan fingerprint density at radius 3 is 2.38 bits per heavy atom. The lowest BCUT2D eigenvalue weighted by atomic mass is 9.98. The molecule has 0 aliphatic carbocycles. The molecule has 1 unspecified atom stereocenters. The van der Waals surface area contributed by atoms with Gasteiger partial charge in [0, 0.05) is 37.2 Å². The van der Waals surface area contributed by atoms with Gasteiger partial charge in [-0.15, -0.1) is 0 Å². The summed E-state index contributed by atoms with van der Waals surface area (Å²) < 4.78 is 17.9. The molecule has 42 heavy (non-hydrogen) atoms. The molecule has 3 aromatic carbocycles. The Kier molecular flexibility index (Phi) is 10.8. The Morgan fingerprint density at radius 1 is 1.00 bits per heavy atom. The van der Waals surface area contributed by atoms with Crippen molar-refractivity contribution < 1.29 is 34.0 Å². The number of amides is 1. The first-order valence-electron chi connectivity index (χ1n) is 14.2. The number of hydrogen-bond donors (Lipinski definition) is 3. The summed E-state index contributed by atoms with van der Waals surface area (Å²) in [7, 11) is 1.97. The van der Waals surface area contributed by atoms with Crippen molar-refractivity contribution in [2.24, 2.45) is 0 Å². The number of aliphatic hydroxyl groups excluding tert-OH is 2. The second-order valence-corrected chi connectivity index (χ2v) is 10.8. The molecule has 9 heteroatoms. The highest BCUT2D eigenvalue weighted by molar-refractivity contribution is 5.95. The third-order valence-electron chi connectivity index (χ3n) is 7.54. The number of benzene rings is 3. The molecule has 0 radical (unpaired) electrons. The SMILES string of the molecule is CC(=O)O[C@@H](C)C(=O)Nc1cccc(C2O[C@H](CN(C)[C@@H](C)[C@H](O)c3ccccc3)C[C@H](c3ccc(CO)cc3)O2)c1. The third kappa shape index (κ3) is 8.24. The first-order chi connectivity index (χ1) is 20.1. The molecule has 0 aromatic heterocycles. The molecule has 0 spiro atoms. The molecule has 1 heterocycles. The summed E-state index contributed by atoms with van der Waals surface area (Å²) in [5.74, 6) is -0.977. The molecule has 1 aliphatic heterocycles. The zero-order valence-corrected chi connectivity index (χ0v) is 24.5. The summed E-state index contributed by atoms with van der Waals surface area (Å²) in [5.41, 5.74) is 3.87. The minimum absolute atomic E-state index is 0.0405. The minimum Gasteiger partial charge on any atom is -0.453 e. The van der Waals surface area contributed by atoms with Crippen LogP contribution in [0.25, 0.3) is 0 Å². The van der Waals surface area contributed by atoms with E-state index in [4.69, 9.17) is 14.2 Å². The van der Waals surface area contributed by atoms with Gasteiger partial charge in [0.2, 0.25) is 0 Å². The predicted octanol–water partition coefficient (Wildman–Crippen LogP) is 4.67. The number of hydrogen-bond acceptors (Lipinski definition) is 8. The van der Waals surface area contributed by atoms with Crippen LogP contribution in [0, 0.1) is 0 Å². The molecule has 1 fully saturated rings. The van der Waals surface area contributed by atoms with Gasteiger partial charge in [-0.25, -0.2) is 0 Å². The average molecular weight is 577 g/mol. The van der Waals surface area contributed by atoms with Gasteiger partial charge in [-0.2, -0.15) is 0 Å². The largest absolute Gasteiger partial charge is 0.453 e. The number of nitrogens with zero attached hydrogens (tertiary/aromatic N) is 1. The Labute approximate surface area is 247 Å². The number of likely N-dealkylation sites (N-methyl/N-ethyl adjacent to an activating group) is 1. The highest BCUT2D eigenvalue weighted by Crippen LogP contribution is 2.39. The maximum absolute atomic E-state index is 12.5. The molecule has 1 saturated heterocycles. The molecule has 1 amide bonds. The lowest BCUT2D eigenvalue weighted by Gasteiger charge is -2.39. The van der Waals surface area contributed by atoms with Crippen LogP contribution in [-0.2, 0) is 30.4 Å². The fourth-order valence-electron chi connectivity index (χ4n) is 5.00. The molecule has 3 aromatic rings. The number of rotatable bonds is 11. The summed E-state index contributed by atoms with van der Waals surface area (Å²) in [6.45, 7) is 5.26. The van der Waals surface area contributed by atoms with E-state index in [-0.39, 0.29) is 24.9 Å². The maximum Gasteiger partial charge on any atom is 0.303 e. The number of ether oxygens (including phenoxy) is 3. The number of aliphatic hydroxyl groups is 2. The molecular weight excluding hydrogens is 536 g/mol. The molecule has 0 saturated carbocycles. The monoisotopic (exact) mass is 576 g/mol. The van der Waals surface area contributed by atoms with Gasteiger partial charge in [-0.1, -0.05) is 66.7 Å². The van der Waals surface area contributed by atoms with Crippen molar-refractivity contribution in [3.63, 3.8) is 0 Å². The molecule has 0 bridgehead atoms. The van der Waals surface area contributed by atoms with Gasteiger partial charge >= 0.3 is 5.97 Å². The first-order valence-corrected chi connectivity index (χ1v) is 14.2. The number of anilines is 1. The van der Waals surface area contributed by atoms with Crippen LogP contribution in [0.3, 0.4) is 0 Å². The van der Waals surface area contributed by atoms with E-state index in [2.05, 4.69) is 10.2 Å². The summed E-state index contributed by atoms with van der Waals surface area (Å²) >= 11 is 0. The summed E-state index contributed by atoms with van der Waals surface area (Å²) in [5, 5.41) is 23.3. The molecule has 1 aliphatic rings. The highest BCUT2D eigenvalue weighted by Gasteiger charge is 2.34. The number of nitrogens with one attached hydrogen (secondary N) is 1. The molecular formula is C33H40N2O7. The third-order valence-corrected chi connectivity index (χ3v) is 7.54. The Hall–Kier alpha value is -3.60. The van der Waals surface area contributed by atoms with Gasteiger partial charge in [-0.05, 0) is 49.7 Å². The second-order valence-electron chi connectivity index (χ2n) is 10.8. The zero-order valence-electron chi connectivity index (χ0n) is 24.5. The van der Waals surface area contributed by atoms with Gasteiger partial charge in [0.05, 0.1) is 24.9 Å². The van der Waals surface area contributed by atoms with Crippen molar-refractivity contribution in [1.82, 2.24) is 4.90 Å². The fraction of sp³-hybridized carbons (Fsp3) is 0.394. The van der Waals surface area contributed by atoms with Crippen LogP contribution in [0.2, 0.25) is 0 Å². The smallest absolute Gasteiger partial charge is 0.303 e. The lowest BCUT2D eigenvalue weighted by Crippen LogP contribution is -2.43. The Balaban J connectivity index is 1.53. The topological polar surface area (TPSA) is 118 Å². The second kappa shape index (κ2) is 14.5. The molecule has 3 N–H and O–H groups in total. The maximum atomic E-state index is 12.5. The summed E-state index contributed by atoms with van der Waals surface area (Å²) in [6.07, 6.45) is -2.26. The average Bonchev–Trinajstić information content (AvgIpc) is 3.00. The van der Waals surface area contributed by atoms with Crippen molar-refractivity contribution in [2.75, 3.05) is 18.9 Å². The normalized spacial score (nSPS) is 20.9. The van der Waals surface area contributed by atoms with Crippen LogP contribution in [0.15, 0.2) is 78.9 Å². The lowest BCUT2D eigenvalue weighted by molar-refractivity contribution is -0.253. The van der Waals surface area contributed by atoms with Crippen molar-refractivity contribution in [1.29, 1.82) is 0 Å². The van der Waals surface area contributed by atoms with Gasteiger partial charge in [0.1, 0.15) is 0 Å². The van der Waals surface area contributed by atoms with Crippen molar-refractivity contribution in [3.05, 3.63) is 101 Å². The van der Waals surface area contributed by atoms with Crippen molar-refractivity contribution >= 4 is 17.6 Å². The van der Waals surface area contributed by atoms with Crippen LogP contribution < -0.4 is 5.32 Å². The van der Waals surface area contributed by atoms with Crippen molar-refractivity contribution in [2.45, 2.75) is 70.5 Å². The van der Waals surface area contributed by atoms with E-state index in [0.717, 1.165) is 22.3 Å². The predicted molar refractivity (Wildman–Crippen MR) is 158 cm³/mol. The van der Waals surface area contributed by atoms with Gasteiger partial charge in [0.25, 0.3) is 5.91 Å². The molecule has 4 rings (SSSR count). The summed E-state index contributed by atoms with van der Waals surface area (Å²) in [6, 6.07) is 24.3. The standard InChI is InChI=1S/C33H40N2O7/c1-21(31(38)26-9-6-5-7-10-26)35(4)19-29-18-30(25-15-13-24(20-36)14-16-25)42-33(41-29)27-11-8-12-28(17-27)34-32(39)22(2)40-23(3)37/h5-17,21-22,29-31,33,36,38H,18-20H2,1-4H3,(H,34,39)/t21-,22-,29-,30+,31-,33?/m0/s1. The van der Waals surface area contributed by atoms with Crippen molar-refractivity contribution in [3.8, 4) is 0 Å². The molecule has 224 valence electrons. The van der Waals surface area contributed by atoms with E-state index in [9.17, 15) is 19.8 Å². The minimum atomic E-state index is -0.937. The van der Waals surface area contributed by atoms with Gasteiger partial charge in [0.15, 0.2) is 12.4 Å². The Morgan fingerprint density at radius 2 is 1.71 bits per heavy atom. The van der Waals surface area contributed by atoms with E-state index in [1.54, 1.807) is 18.2 Å². The van der Waals surface area contributed by atoms with E-state index < -0.39 is 30.4 Å². The van der Waals surface area contributed by atoms with Crippen LogP contribution in [0.1, 0.15) is 67.9 Å². The van der Waals surface area contributed by atoms with Gasteiger partial charge in [-0.3, -0.25) is 14.5 Å².